The smallest absolute Gasteiger partial charge is 0.254 e. The van der Waals surface area contributed by atoms with Crippen molar-refractivity contribution in [2.24, 2.45) is 0 Å². The average Bonchev–Trinajstić information content (AvgIpc) is 2.82. The maximum Gasteiger partial charge on any atom is 0.254 e. The molecule has 1 aliphatic rings. The molecular weight excluding hydrogens is 232 g/mol. The lowest BCUT2D eigenvalue weighted by molar-refractivity contribution is 0.0965. The maximum atomic E-state index is 11.9. The molecule has 0 saturated heterocycles. The largest absolute Gasteiger partial charge is 0.390 e. The Morgan fingerprint density at radius 1 is 1.41 bits per heavy atom. The lowest BCUT2D eigenvalue weighted by atomic mass is 10.0. The number of anilines is 1. The molecule has 0 fully saturated rings. The molecule has 86 valence electrons. The number of benzene rings is 1. The molecule has 3 N–H and O–H groups in total. The third-order valence-electron chi connectivity index (χ3n) is 3.10. The molecule has 17 heavy (non-hydrogen) atoms. The van der Waals surface area contributed by atoms with Gasteiger partial charge in [0.2, 0.25) is 0 Å². The molecule has 0 unspecified atom stereocenters. The van der Waals surface area contributed by atoms with E-state index in [-0.39, 0.29) is 5.91 Å². The quantitative estimate of drug-likeness (QED) is 0.690. The molecule has 4 heteroatoms. The van der Waals surface area contributed by atoms with Gasteiger partial charge in [0.25, 0.3) is 5.91 Å². The number of hydrogen-bond acceptors (Lipinski definition) is 3. The highest BCUT2D eigenvalue weighted by Gasteiger charge is 2.28. The van der Waals surface area contributed by atoms with E-state index in [9.17, 15) is 4.79 Å². The van der Waals surface area contributed by atoms with E-state index in [0.717, 1.165) is 17.5 Å². The van der Waals surface area contributed by atoms with Crippen LogP contribution in [0.2, 0.25) is 0 Å². The Morgan fingerprint density at radius 3 is 2.94 bits per heavy atom. The van der Waals surface area contributed by atoms with Gasteiger partial charge in [-0.2, -0.15) is 0 Å². The van der Waals surface area contributed by atoms with Crippen LogP contribution < -0.4 is 11.1 Å². The van der Waals surface area contributed by atoms with Crippen LogP contribution >= 0.6 is 11.3 Å². The number of rotatable bonds is 1. The highest BCUT2D eigenvalue weighted by Crippen LogP contribution is 2.46. The third kappa shape index (κ3) is 1.37. The van der Waals surface area contributed by atoms with Crippen molar-refractivity contribution in [2.75, 3.05) is 12.8 Å². The maximum absolute atomic E-state index is 11.9. The van der Waals surface area contributed by atoms with Crippen LogP contribution in [0.4, 0.5) is 5.00 Å². The first-order valence-electron chi connectivity index (χ1n) is 5.44. The molecule has 1 amide bonds. The molecule has 3 rings (SSSR count). The van der Waals surface area contributed by atoms with E-state index >= 15 is 0 Å². The standard InChI is InChI=1S/C13H12N2OS/c1-15-13(16)11-10-8-5-3-2-4-7(8)6-9(10)17-12(11)14/h2-5H,6,14H2,1H3,(H,15,16). The van der Waals surface area contributed by atoms with Crippen LogP contribution in [0, 0.1) is 0 Å². The van der Waals surface area contributed by atoms with E-state index in [4.69, 9.17) is 5.73 Å². The Labute approximate surface area is 103 Å². The Morgan fingerprint density at radius 2 is 2.18 bits per heavy atom. The number of carbonyl (C=O) groups excluding carboxylic acids is 1. The minimum Gasteiger partial charge on any atom is -0.390 e. The lowest BCUT2D eigenvalue weighted by Crippen LogP contribution is -2.19. The topological polar surface area (TPSA) is 55.1 Å². The van der Waals surface area contributed by atoms with Crippen LogP contribution in [0.3, 0.4) is 0 Å². The highest BCUT2D eigenvalue weighted by atomic mass is 32.1. The van der Waals surface area contributed by atoms with Gasteiger partial charge in [-0.25, -0.2) is 0 Å². The van der Waals surface area contributed by atoms with Gasteiger partial charge in [-0.1, -0.05) is 24.3 Å². The summed E-state index contributed by atoms with van der Waals surface area (Å²) in [7, 11) is 1.63. The minimum atomic E-state index is -0.100. The number of nitrogens with two attached hydrogens (primary N) is 1. The number of nitrogen functional groups attached to an aromatic ring is 1. The number of thiophene rings is 1. The summed E-state index contributed by atoms with van der Waals surface area (Å²) in [5.41, 5.74) is 10.0. The van der Waals surface area contributed by atoms with Crippen molar-refractivity contribution in [3.8, 4) is 11.1 Å². The van der Waals surface area contributed by atoms with E-state index in [2.05, 4.69) is 17.4 Å². The molecule has 0 radical (unpaired) electrons. The van der Waals surface area contributed by atoms with Crippen LogP contribution in [0.25, 0.3) is 11.1 Å². The second kappa shape index (κ2) is 3.60. The third-order valence-corrected chi connectivity index (χ3v) is 4.12. The van der Waals surface area contributed by atoms with Crippen LogP contribution in [-0.4, -0.2) is 13.0 Å². The normalized spacial score (nSPS) is 12.1. The summed E-state index contributed by atoms with van der Waals surface area (Å²) >= 11 is 1.52. The molecule has 1 aromatic carbocycles. The summed E-state index contributed by atoms with van der Waals surface area (Å²) in [6, 6.07) is 8.18. The van der Waals surface area contributed by atoms with E-state index in [1.165, 1.54) is 21.8 Å². The average molecular weight is 244 g/mol. The molecule has 0 saturated carbocycles. The Hall–Kier alpha value is -1.81. The number of hydrogen-bond donors (Lipinski definition) is 2. The number of amides is 1. The molecule has 0 atom stereocenters. The molecular formula is C13H12N2OS. The minimum absolute atomic E-state index is 0.100. The molecule has 1 aliphatic carbocycles. The number of fused-ring (bicyclic) bond motifs is 3. The summed E-state index contributed by atoms with van der Waals surface area (Å²) in [5.74, 6) is -0.100. The van der Waals surface area contributed by atoms with Crippen molar-refractivity contribution in [1.82, 2.24) is 5.32 Å². The van der Waals surface area contributed by atoms with Gasteiger partial charge in [0, 0.05) is 23.9 Å². The molecule has 2 aromatic rings. The summed E-state index contributed by atoms with van der Waals surface area (Å²) in [6.07, 6.45) is 0.886. The summed E-state index contributed by atoms with van der Waals surface area (Å²) < 4.78 is 0. The summed E-state index contributed by atoms with van der Waals surface area (Å²) in [4.78, 5) is 13.1. The lowest BCUT2D eigenvalue weighted by Gasteiger charge is -2.04. The van der Waals surface area contributed by atoms with E-state index in [1.54, 1.807) is 7.05 Å². The van der Waals surface area contributed by atoms with E-state index in [1.807, 2.05) is 12.1 Å². The predicted octanol–water partition coefficient (Wildman–Crippen LogP) is 2.26. The highest BCUT2D eigenvalue weighted by molar-refractivity contribution is 7.17. The van der Waals surface area contributed by atoms with Gasteiger partial charge in [0.1, 0.15) is 0 Å². The summed E-state index contributed by atoms with van der Waals surface area (Å²) in [5, 5.41) is 3.27. The zero-order valence-corrected chi connectivity index (χ0v) is 10.2. The number of nitrogens with one attached hydrogen (secondary N) is 1. The predicted molar refractivity (Wildman–Crippen MR) is 70.4 cm³/mol. The molecule has 0 aliphatic heterocycles. The van der Waals surface area contributed by atoms with Crippen molar-refractivity contribution in [3.63, 3.8) is 0 Å². The van der Waals surface area contributed by atoms with Gasteiger partial charge in [-0.3, -0.25) is 4.79 Å². The van der Waals surface area contributed by atoms with Crippen LogP contribution in [0.5, 0.6) is 0 Å². The molecule has 1 aromatic heterocycles. The van der Waals surface area contributed by atoms with Gasteiger partial charge in [-0.15, -0.1) is 11.3 Å². The zero-order chi connectivity index (χ0) is 12.0. The van der Waals surface area contributed by atoms with Gasteiger partial charge in [0.15, 0.2) is 0 Å². The van der Waals surface area contributed by atoms with Crippen molar-refractivity contribution < 1.29 is 4.79 Å². The monoisotopic (exact) mass is 244 g/mol. The van der Waals surface area contributed by atoms with E-state index in [0.29, 0.717) is 10.6 Å². The zero-order valence-electron chi connectivity index (χ0n) is 9.41. The fourth-order valence-electron chi connectivity index (χ4n) is 2.35. The van der Waals surface area contributed by atoms with Crippen molar-refractivity contribution in [3.05, 3.63) is 40.3 Å². The van der Waals surface area contributed by atoms with Gasteiger partial charge < -0.3 is 11.1 Å². The second-order valence-electron chi connectivity index (χ2n) is 4.05. The van der Waals surface area contributed by atoms with Crippen molar-refractivity contribution >= 4 is 22.2 Å². The summed E-state index contributed by atoms with van der Waals surface area (Å²) in [6.45, 7) is 0. The van der Waals surface area contributed by atoms with Crippen molar-refractivity contribution in [1.29, 1.82) is 0 Å². The molecule has 0 bridgehead atoms. The Kier molecular flexibility index (Phi) is 2.19. The molecule has 0 spiro atoms. The van der Waals surface area contributed by atoms with Crippen LogP contribution in [0.15, 0.2) is 24.3 Å². The van der Waals surface area contributed by atoms with Gasteiger partial charge in [0.05, 0.1) is 10.6 Å². The fraction of sp³-hybridized carbons (Fsp3) is 0.154. The van der Waals surface area contributed by atoms with E-state index < -0.39 is 0 Å². The fourth-order valence-corrected chi connectivity index (χ4v) is 3.45. The van der Waals surface area contributed by atoms with Gasteiger partial charge >= 0.3 is 0 Å². The van der Waals surface area contributed by atoms with Crippen molar-refractivity contribution in [2.45, 2.75) is 6.42 Å². The SMILES string of the molecule is CNC(=O)c1c(N)sc2c1-c1ccccc1C2. The van der Waals surface area contributed by atoms with Gasteiger partial charge in [-0.05, 0) is 11.1 Å². The first kappa shape index (κ1) is 10.4. The number of carbonyl (C=O) groups is 1. The first-order chi connectivity index (χ1) is 8.22. The Bertz CT molecular complexity index is 616. The Balaban J connectivity index is 2.27. The second-order valence-corrected chi connectivity index (χ2v) is 5.19. The molecule has 1 heterocycles. The first-order valence-corrected chi connectivity index (χ1v) is 6.25. The van der Waals surface area contributed by atoms with Crippen LogP contribution in [-0.2, 0) is 6.42 Å². The molecule has 3 nitrogen and oxygen atoms in total. The van der Waals surface area contributed by atoms with Crippen LogP contribution in [0.1, 0.15) is 20.8 Å².